The van der Waals surface area contributed by atoms with Crippen LogP contribution in [0.25, 0.3) is 10.9 Å². The number of aliphatic carboxylic acids is 1. The zero-order valence-electron chi connectivity index (χ0n) is 8.78. The summed E-state index contributed by atoms with van der Waals surface area (Å²) in [4.78, 5) is 10.7. The summed E-state index contributed by atoms with van der Waals surface area (Å²) in [5, 5.41) is 10.7. The minimum atomic E-state index is -1.01. The summed E-state index contributed by atoms with van der Waals surface area (Å²) in [6.45, 7) is 3.70. The molecule has 3 nitrogen and oxygen atoms in total. The second kappa shape index (κ2) is 4.43. The number of carboxylic acid groups (broad SMARTS) is 1. The van der Waals surface area contributed by atoms with Gasteiger partial charge in [-0.3, -0.25) is 0 Å². The van der Waals surface area contributed by atoms with Crippen LogP contribution in [0.3, 0.4) is 0 Å². The van der Waals surface area contributed by atoms with Crippen molar-refractivity contribution in [2.45, 2.75) is 6.54 Å². The van der Waals surface area contributed by atoms with Gasteiger partial charge < -0.3 is 9.67 Å². The molecule has 88 valence electrons. The number of nitrogens with zero attached hydrogens (tertiary/aromatic N) is 1. The molecule has 0 aliphatic rings. The van der Waals surface area contributed by atoms with E-state index in [0.29, 0.717) is 10.0 Å². The Hall–Kier alpha value is -1.45. The lowest BCUT2D eigenvalue weighted by Gasteiger charge is -2.06. The maximum atomic E-state index is 10.7. The summed E-state index contributed by atoms with van der Waals surface area (Å²) < 4.78 is 1.75. The molecular formula is C12H9Cl2NO2. The second-order valence-corrected chi connectivity index (χ2v) is 4.52. The first-order valence-electron chi connectivity index (χ1n) is 4.84. The number of aromatic nitrogens is 1. The molecule has 0 unspecified atom stereocenters. The maximum absolute atomic E-state index is 10.7. The van der Waals surface area contributed by atoms with Crippen LogP contribution in [0.2, 0.25) is 10.0 Å². The number of hydrogen-bond acceptors (Lipinski definition) is 1. The molecule has 0 saturated carbocycles. The van der Waals surface area contributed by atoms with Crippen LogP contribution in [0.15, 0.2) is 36.5 Å². The highest BCUT2D eigenvalue weighted by Gasteiger charge is 2.09. The molecule has 0 atom stereocenters. The standard InChI is InChI=1S/C12H9Cl2NO2/c1-7(12(16)17)6-15-3-2-9-10(14)4-8(13)5-11(9)15/h2-5H,1,6H2,(H,16,17). The monoisotopic (exact) mass is 269 g/mol. The molecule has 1 N–H and O–H groups in total. The van der Waals surface area contributed by atoms with Crippen LogP contribution < -0.4 is 0 Å². The average molecular weight is 270 g/mol. The predicted molar refractivity (Wildman–Crippen MR) is 68.7 cm³/mol. The summed E-state index contributed by atoms with van der Waals surface area (Å²) in [5.74, 6) is -1.01. The molecule has 0 aliphatic heterocycles. The van der Waals surface area contributed by atoms with Gasteiger partial charge in [0.05, 0.1) is 17.1 Å². The smallest absolute Gasteiger partial charge is 0.332 e. The number of halogens is 2. The zero-order chi connectivity index (χ0) is 12.6. The van der Waals surface area contributed by atoms with Crippen molar-refractivity contribution in [1.82, 2.24) is 4.57 Å². The summed E-state index contributed by atoms with van der Waals surface area (Å²) in [6, 6.07) is 5.23. The molecule has 0 saturated heterocycles. The lowest BCUT2D eigenvalue weighted by Crippen LogP contribution is -2.07. The third kappa shape index (κ3) is 2.30. The Labute approximate surface area is 108 Å². The van der Waals surface area contributed by atoms with Gasteiger partial charge in [-0.05, 0) is 18.2 Å². The molecule has 0 fully saturated rings. The van der Waals surface area contributed by atoms with Gasteiger partial charge in [-0.2, -0.15) is 0 Å². The minimum absolute atomic E-state index is 0.110. The fourth-order valence-corrected chi connectivity index (χ4v) is 2.18. The lowest BCUT2D eigenvalue weighted by molar-refractivity contribution is -0.132. The number of hydrogen-bond donors (Lipinski definition) is 1. The van der Waals surface area contributed by atoms with Crippen LogP contribution in [0, 0.1) is 0 Å². The summed E-state index contributed by atoms with van der Waals surface area (Å²) >= 11 is 12.0. The molecule has 1 aromatic carbocycles. The van der Waals surface area contributed by atoms with Gasteiger partial charge in [0, 0.05) is 22.2 Å². The van der Waals surface area contributed by atoms with E-state index in [-0.39, 0.29) is 12.1 Å². The third-order valence-electron chi connectivity index (χ3n) is 2.47. The van der Waals surface area contributed by atoms with Gasteiger partial charge in [-0.1, -0.05) is 29.8 Å². The zero-order valence-corrected chi connectivity index (χ0v) is 10.3. The minimum Gasteiger partial charge on any atom is -0.478 e. The Morgan fingerprint density at radius 2 is 2.12 bits per heavy atom. The van der Waals surface area contributed by atoms with Crippen molar-refractivity contribution < 1.29 is 9.90 Å². The van der Waals surface area contributed by atoms with Crippen LogP contribution in [0.4, 0.5) is 0 Å². The summed E-state index contributed by atoms with van der Waals surface area (Å²) in [5.41, 5.74) is 0.906. The lowest BCUT2D eigenvalue weighted by atomic mass is 10.2. The number of benzene rings is 1. The van der Waals surface area contributed by atoms with E-state index in [4.69, 9.17) is 28.3 Å². The Bertz CT molecular complexity index is 616. The highest BCUT2D eigenvalue weighted by atomic mass is 35.5. The predicted octanol–water partition coefficient (Wildman–Crippen LogP) is 3.59. The molecule has 0 aliphatic carbocycles. The molecule has 0 radical (unpaired) electrons. The number of carboxylic acids is 1. The van der Waals surface area contributed by atoms with E-state index < -0.39 is 5.97 Å². The van der Waals surface area contributed by atoms with Gasteiger partial charge in [0.15, 0.2) is 0 Å². The van der Waals surface area contributed by atoms with Crippen molar-refractivity contribution in [3.8, 4) is 0 Å². The Morgan fingerprint density at radius 1 is 1.41 bits per heavy atom. The largest absolute Gasteiger partial charge is 0.478 e. The topological polar surface area (TPSA) is 42.2 Å². The van der Waals surface area contributed by atoms with Crippen molar-refractivity contribution >= 4 is 40.1 Å². The first-order valence-corrected chi connectivity index (χ1v) is 5.59. The van der Waals surface area contributed by atoms with E-state index in [2.05, 4.69) is 6.58 Å². The highest BCUT2D eigenvalue weighted by Crippen LogP contribution is 2.29. The Balaban J connectivity index is 2.49. The van der Waals surface area contributed by atoms with Crippen LogP contribution in [-0.2, 0) is 11.3 Å². The van der Waals surface area contributed by atoms with Crippen molar-refractivity contribution in [3.63, 3.8) is 0 Å². The number of rotatable bonds is 3. The first-order chi connectivity index (χ1) is 7.99. The average Bonchev–Trinajstić information content (AvgIpc) is 2.61. The van der Waals surface area contributed by atoms with Crippen molar-refractivity contribution in [2.24, 2.45) is 0 Å². The maximum Gasteiger partial charge on any atom is 0.332 e. The van der Waals surface area contributed by atoms with Crippen LogP contribution >= 0.6 is 23.2 Å². The second-order valence-electron chi connectivity index (χ2n) is 3.67. The van der Waals surface area contributed by atoms with Crippen molar-refractivity contribution in [1.29, 1.82) is 0 Å². The van der Waals surface area contributed by atoms with Gasteiger partial charge in [-0.15, -0.1) is 0 Å². The van der Waals surface area contributed by atoms with E-state index >= 15 is 0 Å². The first kappa shape index (κ1) is 12.0. The number of carbonyl (C=O) groups is 1. The molecule has 0 spiro atoms. The summed E-state index contributed by atoms with van der Waals surface area (Å²) in [7, 11) is 0. The van der Waals surface area contributed by atoms with Crippen LogP contribution in [-0.4, -0.2) is 15.6 Å². The van der Waals surface area contributed by atoms with Gasteiger partial charge in [0.25, 0.3) is 0 Å². The molecule has 17 heavy (non-hydrogen) atoms. The molecule has 1 aromatic heterocycles. The fraction of sp³-hybridized carbons (Fsp3) is 0.0833. The Morgan fingerprint density at radius 3 is 2.76 bits per heavy atom. The third-order valence-corrected chi connectivity index (χ3v) is 3.00. The number of fused-ring (bicyclic) bond motifs is 1. The van der Waals surface area contributed by atoms with E-state index in [9.17, 15) is 4.79 Å². The van der Waals surface area contributed by atoms with Crippen molar-refractivity contribution in [2.75, 3.05) is 0 Å². The molecule has 0 amide bonds. The molecule has 1 heterocycles. The van der Waals surface area contributed by atoms with Gasteiger partial charge in [-0.25, -0.2) is 4.79 Å². The van der Waals surface area contributed by atoms with Gasteiger partial charge in [0.2, 0.25) is 0 Å². The van der Waals surface area contributed by atoms with E-state index in [1.807, 2.05) is 6.07 Å². The fourth-order valence-electron chi connectivity index (χ4n) is 1.63. The van der Waals surface area contributed by atoms with E-state index in [1.165, 1.54) is 0 Å². The summed E-state index contributed by atoms with van der Waals surface area (Å²) in [6.07, 6.45) is 1.76. The van der Waals surface area contributed by atoms with Crippen LogP contribution in [0.5, 0.6) is 0 Å². The van der Waals surface area contributed by atoms with Crippen molar-refractivity contribution in [3.05, 3.63) is 46.6 Å². The molecule has 0 bridgehead atoms. The highest BCUT2D eigenvalue weighted by molar-refractivity contribution is 6.38. The molecule has 2 rings (SSSR count). The van der Waals surface area contributed by atoms with Crippen LogP contribution in [0.1, 0.15) is 0 Å². The normalized spacial score (nSPS) is 10.7. The quantitative estimate of drug-likeness (QED) is 0.866. The molecular weight excluding hydrogens is 261 g/mol. The van der Waals surface area contributed by atoms with Gasteiger partial charge in [0.1, 0.15) is 0 Å². The molecule has 5 heteroatoms. The SMILES string of the molecule is C=C(Cn1ccc2c(Cl)cc(Cl)cc21)C(=O)O. The van der Waals surface area contributed by atoms with Gasteiger partial charge >= 0.3 is 5.97 Å². The molecule has 2 aromatic rings. The Kier molecular flexibility index (Phi) is 3.13. The van der Waals surface area contributed by atoms with E-state index in [0.717, 1.165) is 10.9 Å². The van der Waals surface area contributed by atoms with E-state index in [1.54, 1.807) is 22.9 Å².